The molecule has 0 saturated heterocycles. The molecule has 0 atom stereocenters. The number of fused-ring (bicyclic) bond motifs is 2. The third kappa shape index (κ3) is 6.84. The molecule has 3 N–H and O–H groups in total. The largest absolute Gasteiger partial charge is 0.398 e. The monoisotopic (exact) mass is 720 g/mol. The lowest BCUT2D eigenvalue weighted by Gasteiger charge is -2.27. The molecule has 2 nitrogen and oxygen atoms in total. The van der Waals surface area contributed by atoms with Crippen LogP contribution >= 0.6 is 23.5 Å². The molecule has 1 aliphatic heterocycles. The zero-order valence-electron chi connectivity index (χ0n) is 30.1. The first-order valence-corrected chi connectivity index (χ1v) is 19.6. The summed E-state index contributed by atoms with van der Waals surface area (Å²) in [6.07, 6.45) is 6.44. The van der Waals surface area contributed by atoms with Crippen molar-refractivity contribution in [1.29, 1.82) is 0 Å². The van der Waals surface area contributed by atoms with Gasteiger partial charge in [-0.25, -0.2) is 0 Å². The summed E-state index contributed by atoms with van der Waals surface area (Å²) in [6, 6.07) is 54.1. The molecule has 258 valence electrons. The van der Waals surface area contributed by atoms with E-state index in [1.807, 2.05) is 11.8 Å². The predicted octanol–water partition coefficient (Wildman–Crippen LogP) is 14.6. The van der Waals surface area contributed by atoms with Crippen LogP contribution in [0.1, 0.15) is 25.0 Å². The summed E-state index contributed by atoms with van der Waals surface area (Å²) in [4.78, 5) is 4.84. The van der Waals surface area contributed by atoms with Gasteiger partial charge in [0.25, 0.3) is 0 Å². The fourth-order valence-corrected chi connectivity index (χ4v) is 9.89. The molecule has 0 radical (unpaired) electrons. The number of nitrogens with two attached hydrogens (primary N) is 1. The summed E-state index contributed by atoms with van der Waals surface area (Å²) in [5.41, 5.74) is 23.1. The van der Waals surface area contributed by atoms with Crippen LogP contribution in [-0.2, 0) is 0 Å². The Morgan fingerprint density at radius 3 is 1.49 bits per heavy atom. The standard InChI is InChI=1S/C49H40N2S2/c1-4-13-33(5-2)40-18-12-19-41(32(40)3)36-20-24-38(25-21-36)51-39-26-22-37(23-27-39)44-30-31-45(50)49-48(44)52-46-42(34-14-8-6-9-15-34)28-29-43(47(46)53-49)35-16-10-7-11-17-35/h4-31,51H,50H2,1-3H3/b13-4-,33-5+. The minimum Gasteiger partial charge on any atom is -0.398 e. The molecule has 0 saturated carbocycles. The van der Waals surface area contributed by atoms with Crippen molar-refractivity contribution in [2.45, 2.75) is 40.4 Å². The van der Waals surface area contributed by atoms with Crippen molar-refractivity contribution in [3.05, 3.63) is 181 Å². The molecule has 4 heteroatoms. The summed E-state index contributed by atoms with van der Waals surface area (Å²) in [7, 11) is 0. The quantitative estimate of drug-likeness (QED) is 0.121. The lowest BCUT2D eigenvalue weighted by Crippen LogP contribution is -2.01. The Balaban J connectivity index is 1.08. The number of anilines is 3. The van der Waals surface area contributed by atoms with Crippen LogP contribution in [0.15, 0.2) is 189 Å². The minimum absolute atomic E-state index is 0.805. The highest BCUT2D eigenvalue weighted by molar-refractivity contribution is 8.05. The fraction of sp³-hybridized carbons (Fsp3) is 0.0612. The van der Waals surface area contributed by atoms with Gasteiger partial charge in [0, 0.05) is 36.6 Å². The van der Waals surface area contributed by atoms with Gasteiger partial charge in [-0.3, -0.25) is 0 Å². The third-order valence-electron chi connectivity index (χ3n) is 9.82. The van der Waals surface area contributed by atoms with E-state index in [9.17, 15) is 0 Å². The van der Waals surface area contributed by atoms with Gasteiger partial charge in [-0.1, -0.05) is 163 Å². The molecule has 7 aromatic carbocycles. The molecule has 0 amide bonds. The van der Waals surface area contributed by atoms with Crippen molar-refractivity contribution >= 4 is 46.2 Å². The molecule has 0 fully saturated rings. The predicted molar refractivity (Wildman–Crippen MR) is 230 cm³/mol. The maximum Gasteiger partial charge on any atom is 0.0498 e. The molecule has 0 spiro atoms. The van der Waals surface area contributed by atoms with Crippen LogP contribution in [0.25, 0.3) is 50.1 Å². The summed E-state index contributed by atoms with van der Waals surface area (Å²) in [5, 5.41) is 3.62. The second-order valence-corrected chi connectivity index (χ2v) is 15.2. The average molecular weight is 721 g/mol. The zero-order chi connectivity index (χ0) is 36.3. The normalized spacial score (nSPS) is 12.4. The average Bonchev–Trinajstić information content (AvgIpc) is 3.21. The van der Waals surface area contributed by atoms with E-state index in [2.05, 4.69) is 196 Å². The number of hydrogen-bond acceptors (Lipinski definition) is 4. The first kappa shape index (κ1) is 34.4. The second kappa shape index (κ2) is 15.1. The van der Waals surface area contributed by atoms with Gasteiger partial charge < -0.3 is 11.1 Å². The smallest absolute Gasteiger partial charge is 0.0498 e. The van der Waals surface area contributed by atoms with Crippen molar-refractivity contribution < 1.29 is 0 Å². The summed E-state index contributed by atoms with van der Waals surface area (Å²) in [5.74, 6) is 0. The van der Waals surface area contributed by atoms with Crippen LogP contribution in [0.2, 0.25) is 0 Å². The van der Waals surface area contributed by atoms with Gasteiger partial charge in [-0.2, -0.15) is 0 Å². The highest BCUT2D eigenvalue weighted by Gasteiger charge is 2.28. The Hall–Kier alpha value is -5.68. The fourth-order valence-electron chi connectivity index (χ4n) is 7.09. The van der Waals surface area contributed by atoms with Gasteiger partial charge >= 0.3 is 0 Å². The van der Waals surface area contributed by atoms with E-state index < -0.39 is 0 Å². The van der Waals surface area contributed by atoms with Crippen LogP contribution in [0.4, 0.5) is 17.1 Å². The molecule has 8 rings (SSSR count). The molecule has 1 aliphatic rings. The lowest BCUT2D eigenvalue weighted by molar-refractivity contribution is 1.17. The molecular formula is C49H40N2S2. The number of nitrogen functional groups attached to an aromatic ring is 1. The maximum absolute atomic E-state index is 6.74. The van der Waals surface area contributed by atoms with Crippen LogP contribution in [0, 0.1) is 6.92 Å². The van der Waals surface area contributed by atoms with Gasteiger partial charge in [-0.05, 0) is 112 Å². The molecule has 0 bridgehead atoms. The summed E-state index contributed by atoms with van der Waals surface area (Å²) < 4.78 is 0. The Morgan fingerprint density at radius 1 is 0.491 bits per heavy atom. The highest BCUT2D eigenvalue weighted by atomic mass is 32.2. The Morgan fingerprint density at radius 2 is 0.962 bits per heavy atom. The van der Waals surface area contributed by atoms with Crippen molar-refractivity contribution in [3.8, 4) is 44.5 Å². The summed E-state index contributed by atoms with van der Waals surface area (Å²) >= 11 is 3.63. The number of rotatable bonds is 8. The SMILES string of the molecule is C/C=C\C(=C/C)c1cccc(-c2ccc(Nc3ccc(-c4ccc(N)c5c4Sc4c(-c6ccccc6)ccc(-c6ccccc6)c4S5)cc3)cc2)c1C. The van der Waals surface area contributed by atoms with E-state index in [0.29, 0.717) is 0 Å². The van der Waals surface area contributed by atoms with E-state index >= 15 is 0 Å². The van der Waals surface area contributed by atoms with E-state index in [-0.39, 0.29) is 0 Å². The van der Waals surface area contributed by atoms with Crippen LogP contribution in [-0.4, -0.2) is 0 Å². The number of benzene rings is 7. The second-order valence-electron chi connectivity index (χ2n) is 13.1. The van der Waals surface area contributed by atoms with E-state index in [1.165, 1.54) is 70.3 Å². The first-order valence-electron chi connectivity index (χ1n) is 18.0. The van der Waals surface area contributed by atoms with Crippen LogP contribution in [0.5, 0.6) is 0 Å². The van der Waals surface area contributed by atoms with Crippen molar-refractivity contribution in [3.63, 3.8) is 0 Å². The van der Waals surface area contributed by atoms with Crippen LogP contribution in [0.3, 0.4) is 0 Å². The van der Waals surface area contributed by atoms with Gasteiger partial charge in [0.15, 0.2) is 0 Å². The molecule has 1 heterocycles. The van der Waals surface area contributed by atoms with Gasteiger partial charge in [-0.15, -0.1) is 0 Å². The Kier molecular flexibility index (Phi) is 9.82. The van der Waals surface area contributed by atoms with Gasteiger partial charge in [0.1, 0.15) is 0 Å². The van der Waals surface area contributed by atoms with Crippen molar-refractivity contribution in [2.75, 3.05) is 11.1 Å². The Labute approximate surface area is 321 Å². The molecule has 53 heavy (non-hydrogen) atoms. The first-order chi connectivity index (χ1) is 26.0. The molecular weight excluding hydrogens is 681 g/mol. The topological polar surface area (TPSA) is 38.0 Å². The lowest BCUT2D eigenvalue weighted by atomic mass is 9.92. The number of nitrogens with one attached hydrogen (secondary N) is 1. The van der Waals surface area contributed by atoms with Crippen molar-refractivity contribution in [1.82, 2.24) is 0 Å². The van der Waals surface area contributed by atoms with E-state index in [0.717, 1.165) is 27.5 Å². The summed E-state index contributed by atoms with van der Waals surface area (Å²) in [6.45, 7) is 6.37. The van der Waals surface area contributed by atoms with Gasteiger partial charge in [0.2, 0.25) is 0 Å². The number of hydrogen-bond donors (Lipinski definition) is 2. The third-order valence-corrected chi connectivity index (χ3v) is 12.6. The molecule has 0 aromatic heterocycles. The molecule has 0 aliphatic carbocycles. The zero-order valence-corrected chi connectivity index (χ0v) is 31.7. The minimum atomic E-state index is 0.805. The van der Waals surface area contributed by atoms with E-state index in [4.69, 9.17) is 5.73 Å². The maximum atomic E-state index is 6.74. The molecule has 7 aromatic rings. The van der Waals surface area contributed by atoms with E-state index in [1.54, 1.807) is 11.8 Å². The van der Waals surface area contributed by atoms with Gasteiger partial charge in [0.05, 0.1) is 0 Å². The van der Waals surface area contributed by atoms with Crippen molar-refractivity contribution in [2.24, 2.45) is 0 Å². The Bertz CT molecular complexity index is 2480. The number of allylic oxidation sites excluding steroid dienone is 4. The van der Waals surface area contributed by atoms with Crippen LogP contribution < -0.4 is 11.1 Å². The highest BCUT2D eigenvalue weighted by Crippen LogP contribution is 2.58. The molecule has 0 unspecified atom stereocenters.